The molecule has 0 atom stereocenters. The lowest BCUT2D eigenvalue weighted by molar-refractivity contribution is -0.389. The van der Waals surface area contributed by atoms with Gasteiger partial charge in [0.25, 0.3) is 0 Å². The summed E-state index contributed by atoms with van der Waals surface area (Å²) < 4.78 is 40.0. The second-order valence-corrected chi connectivity index (χ2v) is 3.24. The molecule has 1 heterocycles. The molecular formula is C8H6ClF3N2O3. The monoisotopic (exact) mass is 270 g/mol. The topological polar surface area (TPSA) is 65.3 Å². The molecule has 0 saturated carbocycles. The number of aryl methyl sites for hydroxylation is 1. The van der Waals surface area contributed by atoms with Gasteiger partial charge in [-0.05, 0) is 6.92 Å². The zero-order valence-electron chi connectivity index (χ0n) is 8.42. The summed E-state index contributed by atoms with van der Waals surface area (Å²) in [4.78, 5) is 13.1. The lowest BCUT2D eigenvalue weighted by Crippen LogP contribution is -2.19. The zero-order valence-corrected chi connectivity index (χ0v) is 9.17. The fourth-order valence-electron chi connectivity index (χ4n) is 1.13. The van der Waals surface area contributed by atoms with E-state index in [0.29, 0.717) is 6.20 Å². The van der Waals surface area contributed by atoms with Crippen molar-refractivity contribution in [2.75, 3.05) is 0 Å². The Labute approximate surface area is 98.3 Å². The molecule has 0 radical (unpaired) electrons. The van der Waals surface area contributed by atoms with E-state index in [2.05, 4.69) is 9.72 Å². The predicted octanol–water partition coefficient (Wildman–Crippen LogP) is 2.94. The van der Waals surface area contributed by atoms with Crippen molar-refractivity contribution in [3.05, 3.63) is 27.6 Å². The van der Waals surface area contributed by atoms with Gasteiger partial charge in [0.05, 0.1) is 10.8 Å². The molecule has 1 aromatic heterocycles. The third-order valence-corrected chi connectivity index (χ3v) is 2.14. The van der Waals surface area contributed by atoms with Gasteiger partial charge < -0.3 is 4.74 Å². The van der Waals surface area contributed by atoms with Gasteiger partial charge in [-0.2, -0.15) is 0 Å². The van der Waals surface area contributed by atoms with Crippen molar-refractivity contribution in [1.29, 1.82) is 0 Å². The minimum atomic E-state index is -5.03. The molecule has 0 aliphatic carbocycles. The van der Waals surface area contributed by atoms with Crippen molar-refractivity contribution >= 4 is 17.3 Å². The highest BCUT2D eigenvalue weighted by Crippen LogP contribution is 2.36. The van der Waals surface area contributed by atoms with Crippen LogP contribution in [0.15, 0.2) is 6.20 Å². The van der Waals surface area contributed by atoms with Crippen LogP contribution in [0.4, 0.5) is 18.9 Å². The van der Waals surface area contributed by atoms with Gasteiger partial charge in [-0.15, -0.1) is 24.8 Å². The van der Waals surface area contributed by atoms with E-state index in [0.717, 1.165) is 0 Å². The largest absolute Gasteiger partial charge is 0.573 e. The van der Waals surface area contributed by atoms with E-state index in [1.54, 1.807) is 0 Å². The van der Waals surface area contributed by atoms with Crippen molar-refractivity contribution in [2.24, 2.45) is 0 Å². The number of halogens is 4. The summed E-state index contributed by atoms with van der Waals surface area (Å²) >= 11 is 5.43. The highest BCUT2D eigenvalue weighted by atomic mass is 35.5. The van der Waals surface area contributed by atoms with Crippen LogP contribution in [0, 0.1) is 17.0 Å². The minimum absolute atomic E-state index is 0.143. The van der Waals surface area contributed by atoms with Gasteiger partial charge in [0, 0.05) is 11.3 Å². The maximum Gasteiger partial charge on any atom is 0.573 e. The first-order valence-corrected chi connectivity index (χ1v) is 4.74. The van der Waals surface area contributed by atoms with Crippen molar-refractivity contribution in [1.82, 2.24) is 4.98 Å². The maximum atomic E-state index is 12.1. The number of alkyl halides is 4. The lowest BCUT2D eigenvalue weighted by Gasteiger charge is -2.13. The van der Waals surface area contributed by atoms with E-state index in [-0.39, 0.29) is 17.1 Å². The second-order valence-electron chi connectivity index (χ2n) is 2.98. The number of hydrogen-bond acceptors (Lipinski definition) is 4. The molecule has 0 spiro atoms. The van der Waals surface area contributed by atoms with Gasteiger partial charge in [-0.3, -0.25) is 15.1 Å². The molecule has 17 heavy (non-hydrogen) atoms. The van der Waals surface area contributed by atoms with Gasteiger partial charge in [0.15, 0.2) is 0 Å². The number of hydrogen-bond donors (Lipinski definition) is 0. The molecule has 9 heteroatoms. The minimum Gasteiger partial charge on any atom is -0.398 e. The first kappa shape index (κ1) is 13.5. The molecule has 0 unspecified atom stereocenters. The van der Waals surface area contributed by atoms with Crippen LogP contribution in [0.25, 0.3) is 0 Å². The molecule has 1 aromatic rings. The number of nitro groups is 1. The Balaban J connectivity index is 3.39. The van der Waals surface area contributed by atoms with Gasteiger partial charge in [-0.25, -0.2) is 0 Å². The fraction of sp³-hybridized carbons (Fsp3) is 0.375. The summed E-state index contributed by atoms with van der Waals surface area (Å²) in [5, 5.41) is 10.6. The van der Waals surface area contributed by atoms with Crippen LogP contribution in [0.5, 0.6) is 5.75 Å². The standard InChI is InChI=1S/C8H6ClF3N2O3/c1-4-5(2-9)7(17-8(10,11)12)6(3-13-4)14(15)16/h3H,2H2,1H3. The molecule has 0 saturated heterocycles. The Morgan fingerprint density at radius 3 is 2.59 bits per heavy atom. The fourth-order valence-corrected chi connectivity index (χ4v) is 1.45. The van der Waals surface area contributed by atoms with E-state index in [1.807, 2.05) is 0 Å². The van der Waals surface area contributed by atoms with Crippen molar-refractivity contribution in [3.8, 4) is 5.75 Å². The van der Waals surface area contributed by atoms with E-state index in [1.165, 1.54) is 6.92 Å². The Morgan fingerprint density at radius 2 is 2.18 bits per heavy atom. The Kier molecular flexibility index (Phi) is 3.76. The Hall–Kier alpha value is -1.57. The maximum absolute atomic E-state index is 12.1. The van der Waals surface area contributed by atoms with Crippen LogP contribution in [0.3, 0.4) is 0 Å². The Morgan fingerprint density at radius 1 is 1.59 bits per heavy atom. The van der Waals surface area contributed by atoms with Crippen molar-refractivity contribution < 1.29 is 22.8 Å². The number of aromatic nitrogens is 1. The summed E-state index contributed by atoms with van der Waals surface area (Å²) in [5.41, 5.74) is -0.883. The average Bonchev–Trinajstić information content (AvgIpc) is 2.15. The molecule has 0 aliphatic rings. The van der Waals surface area contributed by atoms with Crippen LogP contribution in [-0.2, 0) is 5.88 Å². The van der Waals surface area contributed by atoms with E-state index in [4.69, 9.17) is 11.6 Å². The third-order valence-electron chi connectivity index (χ3n) is 1.87. The van der Waals surface area contributed by atoms with Crippen LogP contribution < -0.4 is 4.74 Å². The zero-order chi connectivity index (χ0) is 13.2. The molecule has 0 aliphatic heterocycles. The SMILES string of the molecule is Cc1ncc([N+](=O)[O-])c(OC(F)(F)F)c1CCl. The molecule has 0 fully saturated rings. The molecule has 0 amide bonds. The lowest BCUT2D eigenvalue weighted by atomic mass is 10.2. The van der Waals surface area contributed by atoms with Crippen LogP contribution in [0.2, 0.25) is 0 Å². The molecule has 0 aromatic carbocycles. The number of rotatable bonds is 3. The third kappa shape index (κ3) is 3.19. The average molecular weight is 271 g/mol. The molecule has 0 bridgehead atoms. The van der Waals surface area contributed by atoms with Gasteiger partial charge >= 0.3 is 12.0 Å². The van der Waals surface area contributed by atoms with Gasteiger partial charge in [0.2, 0.25) is 5.75 Å². The first-order chi connectivity index (χ1) is 7.76. The first-order valence-electron chi connectivity index (χ1n) is 4.21. The summed E-state index contributed by atoms with van der Waals surface area (Å²) in [6, 6.07) is 0. The number of ether oxygens (including phenoxy) is 1. The molecule has 1 rings (SSSR count). The second kappa shape index (κ2) is 4.74. The van der Waals surface area contributed by atoms with Crippen LogP contribution in [0.1, 0.15) is 11.3 Å². The van der Waals surface area contributed by atoms with E-state index in [9.17, 15) is 23.3 Å². The summed E-state index contributed by atoms with van der Waals surface area (Å²) in [6.07, 6.45) is -4.33. The van der Waals surface area contributed by atoms with Gasteiger partial charge in [0.1, 0.15) is 6.20 Å². The quantitative estimate of drug-likeness (QED) is 0.481. The van der Waals surface area contributed by atoms with E-state index < -0.39 is 22.7 Å². The van der Waals surface area contributed by atoms with E-state index >= 15 is 0 Å². The van der Waals surface area contributed by atoms with Crippen LogP contribution in [-0.4, -0.2) is 16.3 Å². The number of nitrogens with zero attached hydrogens (tertiary/aromatic N) is 2. The highest BCUT2D eigenvalue weighted by Gasteiger charge is 2.36. The molecule has 0 N–H and O–H groups in total. The number of pyridine rings is 1. The highest BCUT2D eigenvalue weighted by molar-refractivity contribution is 6.17. The molecule has 94 valence electrons. The smallest absolute Gasteiger partial charge is 0.398 e. The summed E-state index contributed by atoms with van der Waals surface area (Å²) in [5.74, 6) is -1.28. The summed E-state index contributed by atoms with van der Waals surface area (Å²) in [7, 11) is 0. The van der Waals surface area contributed by atoms with Crippen molar-refractivity contribution in [3.63, 3.8) is 0 Å². The predicted molar refractivity (Wildman–Crippen MR) is 51.9 cm³/mol. The summed E-state index contributed by atoms with van der Waals surface area (Å²) in [6.45, 7) is 1.38. The van der Waals surface area contributed by atoms with Gasteiger partial charge in [-0.1, -0.05) is 0 Å². The normalized spacial score (nSPS) is 11.4. The Bertz CT molecular complexity index is 450. The molecular weight excluding hydrogens is 265 g/mol. The molecule has 5 nitrogen and oxygen atoms in total. The van der Waals surface area contributed by atoms with Crippen molar-refractivity contribution in [2.45, 2.75) is 19.2 Å². The van der Waals surface area contributed by atoms with Crippen LogP contribution >= 0.6 is 11.6 Å².